The lowest BCUT2D eigenvalue weighted by Gasteiger charge is -2.27. The summed E-state index contributed by atoms with van der Waals surface area (Å²) in [5.41, 5.74) is 1.68. The predicted octanol–water partition coefficient (Wildman–Crippen LogP) is 5.45. The largest absolute Gasteiger partial charge is 0.306 e. The third-order valence-corrected chi connectivity index (χ3v) is 7.83. The van der Waals surface area contributed by atoms with Gasteiger partial charge in [0.1, 0.15) is 4.83 Å². The maximum Gasteiger partial charge on any atom is 0.260 e. The molecule has 1 saturated heterocycles. The van der Waals surface area contributed by atoms with Crippen molar-refractivity contribution < 1.29 is 0 Å². The Bertz CT molecular complexity index is 1060. The lowest BCUT2D eigenvalue weighted by molar-refractivity contribution is 0.282. The minimum Gasteiger partial charge on any atom is -0.306 e. The topological polar surface area (TPSA) is 49.0 Å². The number of thioether (sulfide) groups is 1. The molecular weight excluding hydrogens is 421 g/mol. The van der Waals surface area contributed by atoms with E-state index in [1.165, 1.54) is 0 Å². The van der Waals surface area contributed by atoms with E-state index in [0.29, 0.717) is 25.8 Å². The van der Waals surface area contributed by atoms with Crippen molar-refractivity contribution in [2.75, 3.05) is 20.1 Å². The van der Waals surface area contributed by atoms with E-state index in [0.717, 1.165) is 46.8 Å². The van der Waals surface area contributed by atoms with Crippen LogP contribution < -0.4 is 5.56 Å². The predicted molar refractivity (Wildman–Crippen MR) is 117 cm³/mol. The van der Waals surface area contributed by atoms with Gasteiger partial charge in [-0.15, -0.1) is 11.3 Å². The van der Waals surface area contributed by atoms with Gasteiger partial charge in [0.2, 0.25) is 0 Å². The average molecular weight is 440 g/mol. The molecule has 1 aliphatic rings. The molecule has 2 aromatic heterocycles. The number of aryl methyl sites for hydroxylation is 1. The summed E-state index contributed by atoms with van der Waals surface area (Å²) >= 11 is 15.5. The Morgan fingerprint density at radius 3 is 2.70 bits per heavy atom. The fraction of sp³-hybridized carbons (Fsp3) is 0.368. The summed E-state index contributed by atoms with van der Waals surface area (Å²) in [5, 5.41) is 2.82. The molecule has 1 fully saturated rings. The van der Waals surface area contributed by atoms with Gasteiger partial charge < -0.3 is 9.88 Å². The Hall–Kier alpha value is -1.05. The van der Waals surface area contributed by atoms with Gasteiger partial charge >= 0.3 is 0 Å². The van der Waals surface area contributed by atoms with Crippen LogP contribution in [0.1, 0.15) is 17.7 Å². The smallest absolute Gasteiger partial charge is 0.260 e. The number of benzene rings is 1. The SMILES string of the molecule is Cc1sc2nc(SC3CCN(C)CC3)[nH]c(=O)c2c1-c1ccc(Cl)c(Cl)c1. The number of halogens is 2. The number of nitrogens with one attached hydrogen (secondary N) is 1. The highest BCUT2D eigenvalue weighted by Gasteiger charge is 2.21. The van der Waals surface area contributed by atoms with Crippen molar-refractivity contribution in [2.24, 2.45) is 0 Å². The van der Waals surface area contributed by atoms with E-state index in [-0.39, 0.29) is 5.56 Å². The molecule has 3 aromatic rings. The number of fused-ring (bicyclic) bond motifs is 1. The van der Waals surface area contributed by atoms with Crippen LogP contribution in [-0.2, 0) is 0 Å². The number of hydrogen-bond acceptors (Lipinski definition) is 5. The van der Waals surface area contributed by atoms with Crippen LogP contribution in [0, 0.1) is 6.92 Å². The highest BCUT2D eigenvalue weighted by atomic mass is 35.5. The molecular formula is C19H19Cl2N3OS2. The molecule has 0 atom stereocenters. The molecule has 27 heavy (non-hydrogen) atoms. The monoisotopic (exact) mass is 439 g/mol. The molecule has 4 rings (SSSR count). The van der Waals surface area contributed by atoms with Crippen LogP contribution in [0.4, 0.5) is 0 Å². The van der Waals surface area contributed by atoms with E-state index >= 15 is 0 Å². The van der Waals surface area contributed by atoms with Crippen molar-refractivity contribution in [3.8, 4) is 11.1 Å². The van der Waals surface area contributed by atoms with Crippen LogP contribution in [-0.4, -0.2) is 40.3 Å². The molecule has 0 aliphatic carbocycles. The number of piperidine rings is 1. The first-order valence-corrected chi connectivity index (χ1v) is 11.2. The molecule has 0 saturated carbocycles. The van der Waals surface area contributed by atoms with Crippen molar-refractivity contribution in [3.63, 3.8) is 0 Å². The number of aromatic nitrogens is 2. The number of nitrogens with zero attached hydrogens (tertiary/aromatic N) is 2. The maximum atomic E-state index is 12.9. The maximum absolute atomic E-state index is 12.9. The van der Waals surface area contributed by atoms with E-state index < -0.39 is 0 Å². The van der Waals surface area contributed by atoms with E-state index in [1.54, 1.807) is 35.2 Å². The molecule has 0 radical (unpaired) electrons. The zero-order valence-corrected chi connectivity index (χ0v) is 18.2. The summed E-state index contributed by atoms with van der Waals surface area (Å²) in [6.07, 6.45) is 2.22. The molecule has 4 nitrogen and oxygen atoms in total. The molecule has 1 N–H and O–H groups in total. The Kier molecular flexibility index (Phi) is 5.54. The van der Waals surface area contributed by atoms with E-state index in [2.05, 4.69) is 16.9 Å². The second kappa shape index (κ2) is 7.76. The second-order valence-corrected chi connectivity index (χ2v) is 10.1. The first-order chi connectivity index (χ1) is 12.9. The summed E-state index contributed by atoms with van der Waals surface area (Å²) in [6.45, 7) is 4.18. The normalized spacial score (nSPS) is 16.3. The first-order valence-electron chi connectivity index (χ1n) is 8.76. The van der Waals surface area contributed by atoms with Gasteiger partial charge in [-0.1, -0.05) is 41.0 Å². The number of rotatable bonds is 3. The number of thiophene rings is 1. The first kappa shape index (κ1) is 19.3. The highest BCUT2D eigenvalue weighted by molar-refractivity contribution is 7.99. The van der Waals surface area contributed by atoms with Crippen molar-refractivity contribution in [2.45, 2.75) is 30.2 Å². The molecule has 142 valence electrons. The summed E-state index contributed by atoms with van der Waals surface area (Å²) in [7, 11) is 2.14. The second-order valence-electron chi connectivity index (χ2n) is 6.83. The minimum atomic E-state index is -0.0964. The van der Waals surface area contributed by atoms with Crippen LogP contribution in [0.25, 0.3) is 21.3 Å². The van der Waals surface area contributed by atoms with E-state index in [1.807, 2.05) is 13.0 Å². The summed E-state index contributed by atoms with van der Waals surface area (Å²) in [6, 6.07) is 5.45. The number of likely N-dealkylation sites (tertiary alicyclic amines) is 1. The molecule has 8 heteroatoms. The average Bonchev–Trinajstić information content (AvgIpc) is 2.96. The number of aromatic amines is 1. The van der Waals surface area contributed by atoms with Crippen LogP contribution >= 0.6 is 46.3 Å². The molecule has 1 aromatic carbocycles. The highest BCUT2D eigenvalue weighted by Crippen LogP contribution is 2.38. The van der Waals surface area contributed by atoms with Crippen molar-refractivity contribution in [1.82, 2.24) is 14.9 Å². The Labute approximate surface area is 175 Å². The van der Waals surface area contributed by atoms with Gasteiger partial charge in [0.15, 0.2) is 5.16 Å². The lowest BCUT2D eigenvalue weighted by atomic mass is 10.0. The van der Waals surface area contributed by atoms with Crippen LogP contribution in [0.3, 0.4) is 0 Å². The Morgan fingerprint density at radius 2 is 2.00 bits per heavy atom. The summed E-state index contributed by atoms with van der Waals surface area (Å²) in [5.74, 6) is 0. The zero-order valence-electron chi connectivity index (χ0n) is 15.0. The fourth-order valence-corrected chi connectivity index (χ4v) is 5.87. The van der Waals surface area contributed by atoms with Crippen molar-refractivity contribution >= 4 is 56.5 Å². The van der Waals surface area contributed by atoms with Gasteiger partial charge in [0.05, 0.1) is 15.4 Å². The quantitative estimate of drug-likeness (QED) is 0.550. The number of hydrogen-bond donors (Lipinski definition) is 1. The van der Waals surface area contributed by atoms with Crippen LogP contribution in [0.2, 0.25) is 10.0 Å². The molecule has 3 heterocycles. The number of H-pyrrole nitrogens is 1. The van der Waals surface area contributed by atoms with Crippen LogP contribution in [0.15, 0.2) is 28.2 Å². The van der Waals surface area contributed by atoms with E-state index in [9.17, 15) is 4.79 Å². The molecule has 1 aliphatic heterocycles. The van der Waals surface area contributed by atoms with Gasteiger partial charge in [-0.2, -0.15) is 0 Å². The van der Waals surface area contributed by atoms with Crippen molar-refractivity contribution in [3.05, 3.63) is 43.5 Å². The van der Waals surface area contributed by atoms with Gasteiger partial charge in [0, 0.05) is 15.7 Å². The molecule has 0 amide bonds. The lowest BCUT2D eigenvalue weighted by Crippen LogP contribution is -2.31. The Morgan fingerprint density at radius 1 is 1.26 bits per heavy atom. The van der Waals surface area contributed by atoms with Crippen molar-refractivity contribution in [1.29, 1.82) is 0 Å². The van der Waals surface area contributed by atoms with Crippen LogP contribution in [0.5, 0.6) is 0 Å². The van der Waals surface area contributed by atoms with E-state index in [4.69, 9.17) is 28.2 Å². The van der Waals surface area contributed by atoms with Gasteiger partial charge in [-0.3, -0.25) is 4.79 Å². The molecule has 0 spiro atoms. The summed E-state index contributed by atoms with van der Waals surface area (Å²) in [4.78, 5) is 24.8. The molecule has 0 unspecified atom stereocenters. The van der Waals surface area contributed by atoms with Gasteiger partial charge in [-0.05, 0) is 57.6 Å². The van der Waals surface area contributed by atoms with Gasteiger partial charge in [0.25, 0.3) is 5.56 Å². The minimum absolute atomic E-state index is 0.0964. The third-order valence-electron chi connectivity index (χ3n) is 4.87. The fourth-order valence-electron chi connectivity index (χ4n) is 3.41. The Balaban J connectivity index is 1.72. The summed E-state index contributed by atoms with van der Waals surface area (Å²) < 4.78 is 0. The zero-order chi connectivity index (χ0) is 19.1. The molecule has 0 bridgehead atoms. The standard InChI is InChI=1S/C19H19Cl2N3OS2/c1-10-15(11-3-4-13(20)14(21)9-11)16-17(25)22-19(23-18(16)26-10)27-12-5-7-24(2)8-6-12/h3-4,9,12H,5-8H2,1-2H3,(H,22,23,25). The third kappa shape index (κ3) is 3.91. The van der Waals surface area contributed by atoms with Gasteiger partial charge in [-0.25, -0.2) is 4.98 Å².